The second-order valence-corrected chi connectivity index (χ2v) is 9.05. The first-order valence-corrected chi connectivity index (χ1v) is 11.4. The van der Waals surface area contributed by atoms with E-state index in [1.807, 2.05) is 18.5 Å². The Morgan fingerprint density at radius 3 is 2.78 bits per heavy atom. The molecule has 3 heterocycles. The minimum atomic E-state index is -0.471. The molecule has 1 amide bonds. The van der Waals surface area contributed by atoms with Crippen LogP contribution in [-0.4, -0.2) is 30.5 Å². The van der Waals surface area contributed by atoms with Crippen molar-refractivity contribution in [3.63, 3.8) is 0 Å². The average molecular weight is 439 g/mol. The monoisotopic (exact) mass is 438 g/mol. The van der Waals surface area contributed by atoms with Gasteiger partial charge >= 0.3 is 0 Å². The molecule has 2 aromatic heterocycles. The van der Waals surface area contributed by atoms with Gasteiger partial charge in [0.05, 0.1) is 17.8 Å². The highest BCUT2D eigenvalue weighted by Gasteiger charge is 2.19. The molecule has 4 rings (SSSR count). The predicted molar refractivity (Wildman–Crippen MR) is 122 cm³/mol. The van der Waals surface area contributed by atoms with E-state index < -0.39 is 5.82 Å². The molecule has 0 radical (unpaired) electrons. The molecule has 0 fully saturated rings. The zero-order chi connectivity index (χ0) is 22.8. The Labute approximate surface area is 188 Å². The first-order valence-electron chi connectivity index (χ1n) is 11.4. The van der Waals surface area contributed by atoms with Crippen molar-refractivity contribution in [3.8, 4) is 11.4 Å². The molecule has 32 heavy (non-hydrogen) atoms. The lowest BCUT2D eigenvalue weighted by atomic mass is 10.1. The molecule has 8 heteroatoms. The summed E-state index contributed by atoms with van der Waals surface area (Å²) >= 11 is 0. The number of aromatic nitrogens is 5. The van der Waals surface area contributed by atoms with Gasteiger partial charge in [-0.1, -0.05) is 20.3 Å². The van der Waals surface area contributed by atoms with Crippen molar-refractivity contribution >= 4 is 11.6 Å². The first kappa shape index (κ1) is 22.2. The summed E-state index contributed by atoms with van der Waals surface area (Å²) < 4.78 is 18.6. The van der Waals surface area contributed by atoms with Gasteiger partial charge in [-0.25, -0.2) is 4.39 Å². The van der Waals surface area contributed by atoms with Crippen LogP contribution in [0.25, 0.3) is 11.4 Å². The second-order valence-electron chi connectivity index (χ2n) is 9.05. The fraction of sp³-hybridized carbons (Fsp3) is 0.500. The van der Waals surface area contributed by atoms with Crippen molar-refractivity contribution in [1.29, 1.82) is 0 Å². The van der Waals surface area contributed by atoms with E-state index >= 15 is 0 Å². The largest absolute Gasteiger partial charge is 0.323 e. The Morgan fingerprint density at radius 2 is 2.00 bits per heavy atom. The van der Waals surface area contributed by atoms with Crippen LogP contribution in [0.1, 0.15) is 55.9 Å². The van der Waals surface area contributed by atoms with Gasteiger partial charge < -0.3 is 9.88 Å². The van der Waals surface area contributed by atoms with Crippen molar-refractivity contribution in [2.24, 2.45) is 5.92 Å². The number of rotatable bonds is 6. The minimum Gasteiger partial charge on any atom is -0.323 e. The summed E-state index contributed by atoms with van der Waals surface area (Å²) in [7, 11) is 0. The van der Waals surface area contributed by atoms with Gasteiger partial charge in [0, 0.05) is 36.3 Å². The number of halogens is 1. The lowest BCUT2D eigenvalue weighted by molar-refractivity contribution is -0.115. The van der Waals surface area contributed by atoms with Crippen molar-refractivity contribution in [2.45, 2.75) is 72.9 Å². The molecular weight excluding hydrogens is 407 g/mol. The molecule has 0 bridgehead atoms. The zero-order valence-electron chi connectivity index (χ0n) is 19.3. The summed E-state index contributed by atoms with van der Waals surface area (Å²) in [6, 6.07) is 4.72. The van der Waals surface area contributed by atoms with Crippen LogP contribution in [0, 0.1) is 25.6 Å². The molecule has 0 saturated carbocycles. The Morgan fingerprint density at radius 1 is 1.19 bits per heavy atom. The summed E-state index contributed by atoms with van der Waals surface area (Å²) in [4.78, 5) is 12.8. The van der Waals surface area contributed by atoms with Crippen LogP contribution in [0.4, 0.5) is 10.1 Å². The number of hydrogen-bond donors (Lipinski definition) is 1. The van der Waals surface area contributed by atoms with Gasteiger partial charge in [0.2, 0.25) is 5.91 Å². The highest BCUT2D eigenvalue weighted by atomic mass is 19.1. The number of carbonyl (C=O) groups is 1. The smallest absolute Gasteiger partial charge is 0.229 e. The third-order valence-corrected chi connectivity index (χ3v) is 6.01. The number of nitrogens with one attached hydrogen (secondary N) is 1. The number of hydrogen-bond acceptors (Lipinski definition) is 4. The highest BCUT2D eigenvalue weighted by molar-refractivity contribution is 5.93. The summed E-state index contributed by atoms with van der Waals surface area (Å²) in [6.07, 6.45) is 4.41. The van der Waals surface area contributed by atoms with Gasteiger partial charge in [0.1, 0.15) is 11.6 Å². The maximum Gasteiger partial charge on any atom is 0.229 e. The van der Waals surface area contributed by atoms with E-state index in [2.05, 4.69) is 39.0 Å². The zero-order valence-corrected chi connectivity index (χ0v) is 19.3. The molecule has 170 valence electrons. The third-order valence-electron chi connectivity index (χ3n) is 6.01. The fourth-order valence-electron chi connectivity index (χ4n) is 4.33. The number of amides is 1. The summed E-state index contributed by atoms with van der Waals surface area (Å²) in [6.45, 7) is 9.80. The number of benzene rings is 1. The van der Waals surface area contributed by atoms with Gasteiger partial charge in [0.25, 0.3) is 0 Å². The van der Waals surface area contributed by atoms with Crippen LogP contribution < -0.4 is 5.32 Å². The third kappa shape index (κ3) is 4.59. The van der Waals surface area contributed by atoms with Gasteiger partial charge in [0.15, 0.2) is 5.82 Å². The second kappa shape index (κ2) is 9.22. The first-order chi connectivity index (χ1) is 15.3. The summed E-state index contributed by atoms with van der Waals surface area (Å²) in [5.41, 5.74) is 3.61. The number of nitrogens with zero attached hydrogens (tertiary/aromatic N) is 5. The van der Waals surface area contributed by atoms with Crippen LogP contribution in [-0.2, 0) is 30.7 Å². The van der Waals surface area contributed by atoms with E-state index in [0.29, 0.717) is 5.92 Å². The molecular formula is C24H31FN6O. The molecule has 1 aromatic carbocycles. The normalized spacial score (nSPS) is 13.8. The number of carbonyl (C=O) groups excluding carboxylic acids is 1. The van der Waals surface area contributed by atoms with Crippen LogP contribution in [0.3, 0.4) is 0 Å². The molecule has 0 atom stereocenters. The topological polar surface area (TPSA) is 77.6 Å². The van der Waals surface area contributed by atoms with Crippen molar-refractivity contribution in [1.82, 2.24) is 24.5 Å². The van der Waals surface area contributed by atoms with Crippen molar-refractivity contribution in [2.75, 3.05) is 5.32 Å². The van der Waals surface area contributed by atoms with E-state index in [4.69, 9.17) is 0 Å². The lowest BCUT2D eigenvalue weighted by Gasteiger charge is -2.11. The maximum absolute atomic E-state index is 14.5. The van der Waals surface area contributed by atoms with Crippen LogP contribution >= 0.6 is 0 Å². The SMILES string of the molecule is Cc1nn(CC(C)C)c(C)c1CC(=O)Nc1cc(-c2nnc3n2CCCCC3)ccc1F. The number of fused-ring (bicyclic) bond motifs is 1. The average Bonchev–Trinajstić information content (AvgIpc) is 3.14. The van der Waals surface area contributed by atoms with Crippen LogP contribution in [0.2, 0.25) is 0 Å². The minimum absolute atomic E-state index is 0.153. The Balaban J connectivity index is 1.54. The molecule has 1 N–H and O–H groups in total. The molecule has 0 spiro atoms. The number of aryl methyl sites for hydroxylation is 2. The maximum atomic E-state index is 14.5. The van der Waals surface area contributed by atoms with Crippen molar-refractivity contribution in [3.05, 3.63) is 46.8 Å². The quantitative estimate of drug-likeness (QED) is 0.616. The van der Waals surface area contributed by atoms with Gasteiger partial charge in [-0.2, -0.15) is 5.10 Å². The van der Waals surface area contributed by atoms with E-state index in [1.165, 1.54) is 12.5 Å². The Bertz CT molecular complexity index is 1130. The Kier molecular flexibility index (Phi) is 6.39. The Hall–Kier alpha value is -3.03. The van der Waals surface area contributed by atoms with Gasteiger partial charge in [-0.05, 0) is 50.8 Å². The van der Waals surface area contributed by atoms with Gasteiger partial charge in [-0.3, -0.25) is 9.48 Å². The molecule has 0 unspecified atom stereocenters. The molecule has 7 nitrogen and oxygen atoms in total. The fourth-order valence-corrected chi connectivity index (χ4v) is 4.33. The predicted octanol–water partition coefficient (Wildman–Crippen LogP) is 4.46. The van der Waals surface area contributed by atoms with E-state index in [1.54, 1.807) is 12.1 Å². The van der Waals surface area contributed by atoms with Crippen LogP contribution in [0.15, 0.2) is 18.2 Å². The van der Waals surface area contributed by atoms with Crippen molar-refractivity contribution < 1.29 is 9.18 Å². The lowest BCUT2D eigenvalue weighted by Crippen LogP contribution is -2.16. The molecule has 3 aromatic rings. The van der Waals surface area contributed by atoms with E-state index in [0.717, 1.165) is 66.5 Å². The highest BCUT2D eigenvalue weighted by Crippen LogP contribution is 2.27. The molecule has 0 saturated heterocycles. The van der Waals surface area contributed by atoms with E-state index in [-0.39, 0.29) is 18.0 Å². The van der Waals surface area contributed by atoms with Crippen LogP contribution in [0.5, 0.6) is 0 Å². The van der Waals surface area contributed by atoms with E-state index in [9.17, 15) is 9.18 Å². The summed E-state index contributed by atoms with van der Waals surface area (Å²) in [5, 5.41) is 16.0. The molecule has 1 aliphatic heterocycles. The molecule has 0 aliphatic carbocycles. The standard InChI is InChI=1S/C24H31FN6O/c1-15(2)14-31-17(4)19(16(3)29-31)13-23(32)26-21-12-18(9-10-20(21)25)24-28-27-22-8-6-5-7-11-30(22)24/h9-10,12,15H,5-8,11,13-14H2,1-4H3,(H,26,32). The number of anilines is 1. The molecule has 1 aliphatic rings. The van der Waals surface area contributed by atoms with Gasteiger partial charge in [-0.15, -0.1) is 10.2 Å². The summed E-state index contributed by atoms with van der Waals surface area (Å²) in [5.74, 6) is 1.41.